The zero-order chi connectivity index (χ0) is 20.3. The Labute approximate surface area is 151 Å². The van der Waals surface area contributed by atoms with Crippen molar-refractivity contribution in [2.24, 2.45) is 23.2 Å². The molecule has 0 aromatic heterocycles. The van der Waals surface area contributed by atoms with Crippen molar-refractivity contribution in [3.8, 4) is 0 Å². The van der Waals surface area contributed by atoms with Crippen LogP contribution in [-0.4, -0.2) is 36.4 Å². The lowest BCUT2D eigenvalue weighted by Gasteiger charge is -2.34. The van der Waals surface area contributed by atoms with Crippen LogP contribution in [0.2, 0.25) is 0 Å². The topological polar surface area (TPSA) is 46.5 Å². The van der Waals surface area contributed by atoms with Crippen LogP contribution in [0.5, 0.6) is 0 Å². The lowest BCUT2D eigenvalue weighted by atomic mass is 9.80. The van der Waals surface area contributed by atoms with E-state index in [0.29, 0.717) is 12.3 Å². The normalized spacial score (nSPS) is 27.7. The van der Waals surface area contributed by atoms with Crippen LogP contribution in [0.4, 0.5) is 22.0 Å². The molecule has 0 aromatic carbocycles. The summed E-state index contributed by atoms with van der Waals surface area (Å²) in [5, 5.41) is 9.24. The van der Waals surface area contributed by atoms with Crippen LogP contribution in [0.3, 0.4) is 0 Å². The molecule has 0 saturated heterocycles. The highest BCUT2D eigenvalue weighted by molar-refractivity contribution is 5.75. The predicted octanol–water partition coefficient (Wildman–Crippen LogP) is 4.97. The van der Waals surface area contributed by atoms with Crippen LogP contribution in [-0.2, 0) is 9.53 Å². The minimum Gasteiger partial charge on any atom is -0.469 e. The molecule has 2 fully saturated rings. The third-order valence-corrected chi connectivity index (χ3v) is 5.93. The van der Waals surface area contributed by atoms with E-state index in [0.717, 1.165) is 25.7 Å². The monoisotopic (exact) mass is 388 g/mol. The minimum atomic E-state index is -5.26. The average molecular weight is 388 g/mol. The van der Waals surface area contributed by atoms with Gasteiger partial charge in [-0.05, 0) is 63.7 Å². The maximum absolute atomic E-state index is 12.5. The lowest BCUT2D eigenvalue weighted by molar-refractivity contribution is -0.304. The number of carbonyl (C=O) groups is 1. The fraction of sp³-hybridized carbons (Fsp3) is 0.944. The summed E-state index contributed by atoms with van der Waals surface area (Å²) in [5.74, 6) is -0.0767. The largest absolute Gasteiger partial charge is 0.469 e. The molecule has 0 spiro atoms. The van der Waals surface area contributed by atoms with Gasteiger partial charge in [0.05, 0.1) is 12.5 Å². The van der Waals surface area contributed by atoms with E-state index in [2.05, 4.69) is 4.74 Å². The third kappa shape index (κ3) is 5.08. The second kappa shape index (κ2) is 8.40. The molecule has 0 aromatic rings. The summed E-state index contributed by atoms with van der Waals surface area (Å²) in [6, 6.07) is 0. The molecule has 1 N–H and O–H groups in total. The number of hydrogen-bond acceptors (Lipinski definition) is 3. The smallest absolute Gasteiger partial charge is 0.422 e. The number of rotatable bonds is 5. The maximum Gasteiger partial charge on any atom is 0.422 e. The van der Waals surface area contributed by atoms with Crippen molar-refractivity contribution < 1.29 is 36.6 Å². The Morgan fingerprint density at radius 2 is 1.77 bits per heavy atom. The highest BCUT2D eigenvalue weighted by Gasteiger charge is 2.62. The number of esters is 1. The highest BCUT2D eigenvalue weighted by Crippen LogP contribution is 2.53. The van der Waals surface area contributed by atoms with Crippen LogP contribution < -0.4 is 0 Å². The summed E-state index contributed by atoms with van der Waals surface area (Å²) < 4.78 is 67.1. The second-order valence-corrected chi connectivity index (χ2v) is 8.09. The van der Waals surface area contributed by atoms with Crippen molar-refractivity contribution in [2.45, 2.75) is 77.5 Å². The maximum atomic E-state index is 12.5. The van der Waals surface area contributed by atoms with Gasteiger partial charge in [-0.15, -0.1) is 0 Å². The van der Waals surface area contributed by atoms with Crippen molar-refractivity contribution in [2.75, 3.05) is 7.11 Å². The van der Waals surface area contributed by atoms with Gasteiger partial charge in [0.15, 0.2) is 0 Å². The van der Waals surface area contributed by atoms with Gasteiger partial charge < -0.3 is 9.84 Å². The first kappa shape index (κ1) is 23.1. The first-order chi connectivity index (χ1) is 11.8. The Balaban J connectivity index is 0.000000321. The van der Waals surface area contributed by atoms with E-state index in [4.69, 9.17) is 0 Å². The second-order valence-electron chi connectivity index (χ2n) is 8.09. The molecule has 2 rings (SSSR count). The van der Waals surface area contributed by atoms with Gasteiger partial charge in [0, 0.05) is 0 Å². The van der Waals surface area contributed by atoms with Crippen LogP contribution in [0.1, 0.15) is 59.3 Å². The van der Waals surface area contributed by atoms with Crippen molar-refractivity contribution in [3.63, 3.8) is 0 Å². The number of fused-ring (bicyclic) bond motifs is 2. The first-order valence-electron chi connectivity index (χ1n) is 8.94. The molecule has 0 amide bonds. The van der Waals surface area contributed by atoms with Gasteiger partial charge in [-0.25, -0.2) is 8.78 Å². The minimum absolute atomic E-state index is 0.0904. The van der Waals surface area contributed by atoms with Gasteiger partial charge >= 0.3 is 12.1 Å². The van der Waals surface area contributed by atoms with Crippen molar-refractivity contribution in [1.29, 1.82) is 0 Å². The molecule has 2 saturated carbocycles. The van der Waals surface area contributed by atoms with Gasteiger partial charge in [0.25, 0.3) is 6.43 Å². The Kier molecular flexibility index (Phi) is 7.47. The average Bonchev–Trinajstić information content (AvgIpc) is 3.16. The molecule has 26 heavy (non-hydrogen) atoms. The van der Waals surface area contributed by atoms with Crippen LogP contribution in [0, 0.1) is 23.2 Å². The fourth-order valence-electron chi connectivity index (χ4n) is 3.78. The Morgan fingerprint density at radius 1 is 1.19 bits per heavy atom. The SMILES string of the molecule is CCC(C)(C)C(=O)OC.OC(CC1CC2CCC1C2)(C(F)F)C(F)(F)F. The summed E-state index contributed by atoms with van der Waals surface area (Å²) in [6.07, 6.45) is -5.88. The van der Waals surface area contributed by atoms with E-state index in [1.54, 1.807) is 0 Å². The van der Waals surface area contributed by atoms with Gasteiger partial charge in [-0.1, -0.05) is 13.3 Å². The number of methoxy groups -OCH3 is 1. The Bertz CT molecular complexity index is 478. The third-order valence-electron chi connectivity index (χ3n) is 5.93. The molecule has 3 nitrogen and oxygen atoms in total. The zero-order valence-corrected chi connectivity index (χ0v) is 15.7. The molecule has 4 unspecified atom stereocenters. The zero-order valence-electron chi connectivity index (χ0n) is 15.7. The number of alkyl halides is 5. The molecule has 4 atom stereocenters. The molecule has 2 aliphatic rings. The van der Waals surface area contributed by atoms with E-state index in [1.165, 1.54) is 7.11 Å². The number of carbonyl (C=O) groups excluding carboxylic acids is 1. The quantitative estimate of drug-likeness (QED) is 0.534. The summed E-state index contributed by atoms with van der Waals surface area (Å²) in [4.78, 5) is 10.8. The van der Waals surface area contributed by atoms with Crippen LogP contribution in [0.25, 0.3) is 0 Å². The Hall–Kier alpha value is -0.920. The van der Waals surface area contributed by atoms with E-state index in [9.17, 15) is 31.9 Å². The van der Waals surface area contributed by atoms with Crippen molar-refractivity contribution in [3.05, 3.63) is 0 Å². The van der Waals surface area contributed by atoms with Crippen LogP contribution >= 0.6 is 0 Å². The number of aliphatic hydroxyl groups is 1. The lowest BCUT2D eigenvalue weighted by Crippen LogP contribution is -2.52. The molecule has 0 radical (unpaired) electrons. The fourth-order valence-corrected chi connectivity index (χ4v) is 3.78. The van der Waals surface area contributed by atoms with Gasteiger partial charge in [-0.2, -0.15) is 13.2 Å². The summed E-state index contributed by atoms with van der Waals surface area (Å²) >= 11 is 0. The molecule has 2 bridgehead atoms. The van der Waals surface area contributed by atoms with Crippen molar-refractivity contribution in [1.82, 2.24) is 0 Å². The molecule has 154 valence electrons. The number of halogens is 5. The molecular formula is C18H29F5O3. The molecule has 0 aliphatic heterocycles. The highest BCUT2D eigenvalue weighted by atomic mass is 19.4. The number of ether oxygens (including phenoxy) is 1. The van der Waals surface area contributed by atoms with Crippen LogP contribution in [0.15, 0.2) is 0 Å². The Morgan fingerprint density at radius 3 is 2.04 bits per heavy atom. The van der Waals surface area contributed by atoms with Gasteiger partial charge in [0.2, 0.25) is 5.60 Å². The molecule has 2 aliphatic carbocycles. The first-order valence-corrected chi connectivity index (χ1v) is 8.94. The molecular weight excluding hydrogens is 359 g/mol. The molecule has 8 heteroatoms. The standard InChI is InChI=1S/C11H15F5O.C7H14O2/c12-9(13)10(17,11(14,15)16)5-8-4-6-1-2-7(8)3-6;1-5-7(2,3)6(8)9-4/h6-9,17H,1-5H2;5H2,1-4H3. The predicted molar refractivity (Wildman–Crippen MR) is 86.7 cm³/mol. The van der Waals surface area contributed by atoms with E-state index < -0.39 is 30.5 Å². The van der Waals surface area contributed by atoms with Gasteiger partial charge in [-0.3, -0.25) is 4.79 Å². The summed E-state index contributed by atoms with van der Waals surface area (Å²) in [5.41, 5.74) is -4.14. The van der Waals surface area contributed by atoms with Gasteiger partial charge in [0.1, 0.15) is 0 Å². The summed E-state index contributed by atoms with van der Waals surface area (Å²) in [7, 11) is 1.42. The van der Waals surface area contributed by atoms with E-state index >= 15 is 0 Å². The summed E-state index contributed by atoms with van der Waals surface area (Å²) in [6.45, 7) is 5.72. The van der Waals surface area contributed by atoms with E-state index in [-0.39, 0.29) is 17.3 Å². The molecule has 0 heterocycles. The number of hydrogen-bond donors (Lipinski definition) is 1. The van der Waals surface area contributed by atoms with Crippen molar-refractivity contribution >= 4 is 5.97 Å². The van der Waals surface area contributed by atoms with E-state index in [1.807, 2.05) is 20.8 Å².